The molecule has 0 spiro atoms. The number of aliphatic imine (C=N–C) groups is 1. The van der Waals surface area contributed by atoms with Crippen LogP contribution in [0, 0.1) is 11.8 Å². The van der Waals surface area contributed by atoms with E-state index >= 15 is 0 Å². The highest BCUT2D eigenvalue weighted by atomic mass is 19.4. The summed E-state index contributed by atoms with van der Waals surface area (Å²) in [6.45, 7) is 12.5. The number of hydrogen-bond acceptors (Lipinski definition) is 2. The van der Waals surface area contributed by atoms with Gasteiger partial charge in [-0.3, -0.25) is 4.99 Å². The number of benzene rings is 1. The molecule has 0 atom stereocenters. The van der Waals surface area contributed by atoms with E-state index < -0.39 is 11.7 Å². The number of nitrogens with zero attached hydrogens (tertiary/aromatic N) is 1. The van der Waals surface area contributed by atoms with Crippen molar-refractivity contribution in [2.24, 2.45) is 22.6 Å². The maximum Gasteiger partial charge on any atom is 0.416 e. The monoisotopic (exact) mass is 398 g/mol. The lowest BCUT2D eigenvalue weighted by Gasteiger charge is -2.27. The zero-order chi connectivity index (χ0) is 21.7. The van der Waals surface area contributed by atoms with Crippen LogP contribution in [0.5, 0.6) is 0 Å². The highest BCUT2D eigenvalue weighted by molar-refractivity contribution is 5.89. The van der Waals surface area contributed by atoms with E-state index in [9.17, 15) is 13.2 Å². The first-order chi connectivity index (χ1) is 13.3. The summed E-state index contributed by atoms with van der Waals surface area (Å²) >= 11 is 0. The molecule has 28 heavy (non-hydrogen) atoms. The minimum absolute atomic E-state index is 0.397. The minimum Gasteiger partial charge on any atom is -0.330 e. The Kier molecular flexibility index (Phi) is 12.8. The van der Waals surface area contributed by atoms with Crippen molar-refractivity contribution in [3.63, 3.8) is 0 Å². The van der Waals surface area contributed by atoms with E-state index in [0.717, 1.165) is 50.1 Å². The molecule has 0 heterocycles. The molecule has 1 aromatic carbocycles. The molecule has 0 unspecified atom stereocenters. The molecule has 0 saturated heterocycles. The van der Waals surface area contributed by atoms with Crippen LogP contribution in [-0.2, 0) is 6.18 Å². The van der Waals surface area contributed by atoms with E-state index in [1.165, 1.54) is 6.07 Å². The van der Waals surface area contributed by atoms with E-state index in [4.69, 9.17) is 5.73 Å². The Morgan fingerprint density at radius 1 is 1.11 bits per heavy atom. The maximum absolute atomic E-state index is 12.9. The first kappa shape index (κ1) is 26.4. The predicted octanol–water partition coefficient (Wildman–Crippen LogP) is 7.34. The Morgan fingerprint density at radius 2 is 1.68 bits per heavy atom. The molecule has 1 saturated carbocycles. The average Bonchev–Trinajstić information content (AvgIpc) is 2.74. The van der Waals surface area contributed by atoms with Crippen LogP contribution in [0.2, 0.25) is 0 Å². The second-order valence-corrected chi connectivity index (χ2v) is 6.46. The van der Waals surface area contributed by atoms with E-state index in [1.807, 2.05) is 34.6 Å². The summed E-state index contributed by atoms with van der Waals surface area (Å²) in [5.74, 6) is 0.993. The summed E-state index contributed by atoms with van der Waals surface area (Å²) in [6.07, 6.45) is 1.73. The van der Waals surface area contributed by atoms with E-state index in [0.29, 0.717) is 23.1 Å². The van der Waals surface area contributed by atoms with Gasteiger partial charge < -0.3 is 5.73 Å². The van der Waals surface area contributed by atoms with Crippen molar-refractivity contribution < 1.29 is 13.2 Å². The van der Waals surface area contributed by atoms with Crippen LogP contribution in [0.4, 0.5) is 13.2 Å². The van der Waals surface area contributed by atoms with Crippen molar-refractivity contribution >= 4 is 11.4 Å². The topological polar surface area (TPSA) is 38.4 Å². The lowest BCUT2D eigenvalue weighted by Crippen LogP contribution is -2.24. The number of alkyl halides is 3. The number of nitrogens with two attached hydrogens (primary N) is 1. The Labute approximate surface area is 169 Å². The molecule has 1 aliphatic carbocycles. The van der Waals surface area contributed by atoms with Crippen molar-refractivity contribution in [3.05, 3.63) is 41.5 Å². The fraction of sp³-hybridized carbons (Fsp3) is 0.609. The quantitative estimate of drug-likeness (QED) is 0.529. The Morgan fingerprint density at radius 3 is 2.14 bits per heavy atom. The van der Waals surface area contributed by atoms with Crippen molar-refractivity contribution in [1.29, 1.82) is 0 Å². The smallest absolute Gasteiger partial charge is 0.330 e. The highest BCUT2D eigenvalue weighted by Crippen LogP contribution is 2.33. The van der Waals surface area contributed by atoms with Gasteiger partial charge in [-0.1, -0.05) is 45.9 Å². The van der Waals surface area contributed by atoms with Gasteiger partial charge in [0, 0.05) is 11.3 Å². The largest absolute Gasteiger partial charge is 0.416 e. The second-order valence-electron chi connectivity index (χ2n) is 6.46. The van der Waals surface area contributed by atoms with Gasteiger partial charge in [-0.2, -0.15) is 13.2 Å². The lowest BCUT2D eigenvalue weighted by molar-refractivity contribution is -0.137. The van der Waals surface area contributed by atoms with Crippen LogP contribution >= 0.6 is 0 Å². The summed E-state index contributed by atoms with van der Waals surface area (Å²) in [7, 11) is 0. The minimum atomic E-state index is -4.34. The summed E-state index contributed by atoms with van der Waals surface area (Å²) in [5, 5.41) is 0. The molecule has 160 valence electrons. The molecule has 2 N–H and O–H groups in total. The van der Waals surface area contributed by atoms with Gasteiger partial charge in [-0.05, 0) is 70.0 Å². The van der Waals surface area contributed by atoms with Gasteiger partial charge in [0.2, 0.25) is 0 Å². The molecule has 0 radical (unpaired) electrons. The first-order valence-corrected chi connectivity index (χ1v) is 10.4. The van der Waals surface area contributed by atoms with Gasteiger partial charge in [0.15, 0.2) is 0 Å². The van der Waals surface area contributed by atoms with Crippen LogP contribution in [-0.4, -0.2) is 12.3 Å². The average molecular weight is 399 g/mol. The molecule has 0 amide bonds. The standard InChI is InChI=1S/C19H25F3N2.2C2H6/c1-3-18(16-5-4-6-17(11-16)19(20,21)22)24-13(2)15-9-7-14(12-23)8-10-15;2*1-2/h3-6,11,14-15H,7-10,12,23H2,1-2H3;2*1-2H3/b18-3-,24-13?;;. The molecule has 0 bridgehead atoms. The molecule has 2 rings (SSSR count). The van der Waals surface area contributed by atoms with Gasteiger partial charge in [0.05, 0.1) is 11.3 Å². The lowest BCUT2D eigenvalue weighted by atomic mass is 9.80. The normalized spacial score (nSPS) is 20.5. The van der Waals surface area contributed by atoms with Crippen molar-refractivity contribution in [2.75, 3.05) is 6.54 Å². The molecule has 1 fully saturated rings. The van der Waals surface area contributed by atoms with E-state index in [1.54, 1.807) is 19.1 Å². The number of hydrogen-bond donors (Lipinski definition) is 1. The second kappa shape index (κ2) is 13.5. The summed E-state index contributed by atoms with van der Waals surface area (Å²) in [6, 6.07) is 5.35. The van der Waals surface area contributed by atoms with Gasteiger partial charge >= 0.3 is 6.18 Å². The molecule has 1 aliphatic rings. The molecule has 0 aliphatic heterocycles. The third-order valence-electron chi connectivity index (χ3n) is 4.83. The van der Waals surface area contributed by atoms with Gasteiger partial charge in [-0.25, -0.2) is 0 Å². The Bertz CT molecular complexity index is 611. The summed E-state index contributed by atoms with van der Waals surface area (Å²) < 4.78 is 38.7. The number of halogens is 3. The SMILES string of the molecule is C/C=C(\N=C(C)C1CCC(CN)CC1)c1cccc(C(F)(F)F)c1.CC.CC. The van der Waals surface area contributed by atoms with Crippen LogP contribution in [0.25, 0.3) is 5.70 Å². The Balaban J connectivity index is 0.00000171. The molecule has 0 aromatic heterocycles. The van der Waals surface area contributed by atoms with Crippen LogP contribution in [0.1, 0.15) is 78.4 Å². The number of rotatable bonds is 4. The van der Waals surface area contributed by atoms with Crippen molar-refractivity contribution in [3.8, 4) is 0 Å². The first-order valence-electron chi connectivity index (χ1n) is 10.4. The predicted molar refractivity (Wildman–Crippen MR) is 115 cm³/mol. The van der Waals surface area contributed by atoms with Crippen molar-refractivity contribution in [1.82, 2.24) is 0 Å². The third-order valence-corrected chi connectivity index (χ3v) is 4.83. The van der Waals surface area contributed by atoms with Crippen LogP contribution in [0.3, 0.4) is 0 Å². The summed E-state index contributed by atoms with van der Waals surface area (Å²) in [4.78, 5) is 4.64. The molecular weight excluding hydrogens is 361 g/mol. The fourth-order valence-corrected chi connectivity index (χ4v) is 3.25. The van der Waals surface area contributed by atoms with Crippen LogP contribution in [0.15, 0.2) is 35.3 Å². The zero-order valence-electron chi connectivity index (χ0n) is 18.2. The molecular formula is C23H37F3N2. The fourth-order valence-electron chi connectivity index (χ4n) is 3.25. The van der Waals surface area contributed by atoms with Gasteiger partial charge in [0.25, 0.3) is 0 Å². The van der Waals surface area contributed by atoms with Crippen molar-refractivity contribution in [2.45, 2.75) is 73.4 Å². The summed E-state index contributed by atoms with van der Waals surface area (Å²) in [5.41, 5.74) is 7.17. The third kappa shape index (κ3) is 8.17. The molecule has 2 nitrogen and oxygen atoms in total. The van der Waals surface area contributed by atoms with E-state index in [2.05, 4.69) is 4.99 Å². The maximum atomic E-state index is 12.9. The highest BCUT2D eigenvalue weighted by Gasteiger charge is 2.30. The number of allylic oxidation sites excluding steroid dienone is 1. The van der Waals surface area contributed by atoms with Gasteiger partial charge in [-0.15, -0.1) is 0 Å². The Hall–Kier alpha value is -1.62. The van der Waals surface area contributed by atoms with E-state index in [-0.39, 0.29) is 0 Å². The zero-order valence-corrected chi connectivity index (χ0v) is 18.2. The van der Waals surface area contributed by atoms with Crippen LogP contribution < -0.4 is 5.73 Å². The molecule has 1 aromatic rings. The molecule has 5 heteroatoms. The van der Waals surface area contributed by atoms with Gasteiger partial charge in [0.1, 0.15) is 0 Å².